The van der Waals surface area contributed by atoms with Crippen LogP contribution < -0.4 is 4.90 Å². The van der Waals surface area contributed by atoms with Crippen molar-refractivity contribution in [2.45, 2.75) is 49.5 Å². The van der Waals surface area contributed by atoms with Crippen LogP contribution in [0.1, 0.15) is 42.3 Å². The van der Waals surface area contributed by atoms with Gasteiger partial charge >= 0.3 is 0 Å². The molecule has 1 saturated carbocycles. The molecule has 1 aliphatic carbocycles. The Morgan fingerprint density at radius 3 is 2.62 bits per heavy atom. The highest BCUT2D eigenvalue weighted by atomic mass is 32.2. The largest absolute Gasteiger partial charge is 0.369 e. The summed E-state index contributed by atoms with van der Waals surface area (Å²) in [6, 6.07) is 19.6. The van der Waals surface area contributed by atoms with Crippen LogP contribution in [0.2, 0.25) is 0 Å². The van der Waals surface area contributed by atoms with Gasteiger partial charge < -0.3 is 9.64 Å². The van der Waals surface area contributed by atoms with Gasteiger partial charge in [0.25, 0.3) is 10.1 Å². The summed E-state index contributed by atoms with van der Waals surface area (Å²) < 4.78 is 39.4. The highest BCUT2D eigenvalue weighted by molar-refractivity contribution is 7.86. The van der Waals surface area contributed by atoms with Gasteiger partial charge in [-0.3, -0.25) is 4.18 Å². The number of aryl methyl sites for hydroxylation is 2. The first-order valence-electron chi connectivity index (χ1n) is 13.9. The average molecular weight is 559 g/mol. The van der Waals surface area contributed by atoms with E-state index in [-0.39, 0.29) is 28.8 Å². The van der Waals surface area contributed by atoms with Crippen molar-refractivity contribution in [1.82, 2.24) is 14.6 Å². The molecule has 2 aromatic heterocycles. The molecular formula is C31H34N4O4S. The molecular weight excluding hydrogens is 524 g/mol. The van der Waals surface area contributed by atoms with Crippen molar-refractivity contribution in [2.24, 2.45) is 11.8 Å². The maximum Gasteiger partial charge on any atom is 0.296 e. The van der Waals surface area contributed by atoms with Crippen LogP contribution in [0, 0.1) is 25.7 Å². The summed E-state index contributed by atoms with van der Waals surface area (Å²) in [7, 11) is -3.86. The fraction of sp³-hybridized carbons (Fsp3) is 0.419. The van der Waals surface area contributed by atoms with Gasteiger partial charge in [0.2, 0.25) is 0 Å². The maximum absolute atomic E-state index is 12.8. The lowest BCUT2D eigenvalue weighted by atomic mass is 9.64. The Morgan fingerprint density at radius 2 is 1.88 bits per heavy atom. The van der Waals surface area contributed by atoms with E-state index in [1.54, 1.807) is 24.3 Å². The minimum absolute atomic E-state index is 0.0481. The second-order valence-corrected chi connectivity index (χ2v) is 13.6. The van der Waals surface area contributed by atoms with Crippen molar-refractivity contribution in [3.63, 3.8) is 0 Å². The van der Waals surface area contributed by atoms with Crippen LogP contribution in [0.15, 0.2) is 71.8 Å². The number of anilines is 1. The molecule has 4 aliphatic rings. The molecule has 0 radical (unpaired) electrons. The van der Waals surface area contributed by atoms with Crippen molar-refractivity contribution in [2.75, 3.05) is 31.2 Å². The zero-order chi connectivity index (χ0) is 27.7. The van der Waals surface area contributed by atoms with Crippen LogP contribution in [0.5, 0.6) is 0 Å². The molecule has 3 unspecified atom stereocenters. The first-order valence-corrected chi connectivity index (χ1v) is 15.4. The molecule has 2 bridgehead atoms. The minimum atomic E-state index is -3.86. The van der Waals surface area contributed by atoms with Crippen LogP contribution >= 0.6 is 0 Å². The molecule has 4 atom stereocenters. The number of nitrogens with zero attached hydrogens (tertiary/aromatic N) is 4. The molecule has 9 heteroatoms. The smallest absolute Gasteiger partial charge is 0.296 e. The van der Waals surface area contributed by atoms with Crippen molar-refractivity contribution in [3.8, 4) is 0 Å². The van der Waals surface area contributed by atoms with Gasteiger partial charge in [-0.25, -0.2) is 9.50 Å². The highest BCUT2D eigenvalue weighted by Gasteiger charge is 2.64. The summed E-state index contributed by atoms with van der Waals surface area (Å²) in [5.41, 5.74) is 4.71. The quantitative estimate of drug-likeness (QED) is 0.302. The molecule has 3 saturated heterocycles. The van der Waals surface area contributed by atoms with Gasteiger partial charge in [0.15, 0.2) is 11.5 Å². The number of ether oxygens (including phenoxy) is 1. The topological polar surface area (TPSA) is 86.0 Å². The van der Waals surface area contributed by atoms with Gasteiger partial charge in [-0.15, -0.1) is 5.10 Å². The monoisotopic (exact) mass is 558 g/mol. The maximum atomic E-state index is 12.8. The van der Waals surface area contributed by atoms with E-state index in [1.165, 1.54) is 5.56 Å². The first-order chi connectivity index (χ1) is 19.2. The number of benzene rings is 2. The third-order valence-electron chi connectivity index (χ3n) is 9.29. The van der Waals surface area contributed by atoms with Crippen LogP contribution in [0.3, 0.4) is 0 Å². The van der Waals surface area contributed by atoms with E-state index >= 15 is 0 Å². The molecule has 2 aromatic carbocycles. The van der Waals surface area contributed by atoms with Gasteiger partial charge in [-0.1, -0.05) is 55.0 Å². The van der Waals surface area contributed by atoms with Crippen LogP contribution in [0.4, 0.5) is 5.69 Å². The van der Waals surface area contributed by atoms with E-state index in [0.29, 0.717) is 12.4 Å². The summed E-state index contributed by atoms with van der Waals surface area (Å²) in [5.74, 6) is 0.727. The van der Waals surface area contributed by atoms with Gasteiger partial charge in [0.05, 0.1) is 30.0 Å². The summed E-state index contributed by atoms with van der Waals surface area (Å²) in [6.45, 7) is 8.84. The predicted octanol–water partition coefficient (Wildman–Crippen LogP) is 4.78. The minimum Gasteiger partial charge on any atom is -0.369 e. The van der Waals surface area contributed by atoms with Gasteiger partial charge in [0, 0.05) is 24.4 Å². The second kappa shape index (κ2) is 9.12. The molecule has 208 valence electrons. The molecule has 0 N–H and O–H groups in total. The van der Waals surface area contributed by atoms with Gasteiger partial charge in [-0.2, -0.15) is 8.42 Å². The van der Waals surface area contributed by atoms with E-state index in [2.05, 4.69) is 61.3 Å². The summed E-state index contributed by atoms with van der Waals surface area (Å²) in [5, 5.41) is 4.90. The van der Waals surface area contributed by atoms with E-state index < -0.39 is 15.7 Å². The lowest BCUT2D eigenvalue weighted by molar-refractivity contribution is -0.0792. The Hall–Kier alpha value is -3.27. The fourth-order valence-electron chi connectivity index (χ4n) is 6.77. The Morgan fingerprint density at radius 1 is 1.10 bits per heavy atom. The molecule has 0 amide bonds. The number of rotatable bonds is 7. The molecule has 40 heavy (non-hydrogen) atoms. The molecule has 0 spiro atoms. The molecule has 4 aromatic rings. The van der Waals surface area contributed by atoms with E-state index in [9.17, 15) is 8.42 Å². The zero-order valence-corrected chi connectivity index (χ0v) is 23.9. The third-order valence-corrected chi connectivity index (χ3v) is 10.6. The van der Waals surface area contributed by atoms with Crippen LogP contribution in [-0.4, -0.2) is 49.3 Å². The predicted molar refractivity (Wildman–Crippen MR) is 152 cm³/mol. The van der Waals surface area contributed by atoms with Crippen molar-refractivity contribution < 1.29 is 17.3 Å². The Balaban J connectivity index is 1.13. The first kappa shape index (κ1) is 25.7. The Bertz CT molecular complexity index is 1680. The van der Waals surface area contributed by atoms with Crippen molar-refractivity contribution in [1.29, 1.82) is 0 Å². The summed E-state index contributed by atoms with van der Waals surface area (Å²) in [6.07, 6.45) is 3.92. The normalized spacial score (nSPS) is 27.8. The van der Waals surface area contributed by atoms with E-state index in [0.717, 1.165) is 48.4 Å². The average Bonchev–Trinajstić information content (AvgIpc) is 3.72. The summed E-state index contributed by atoms with van der Waals surface area (Å²) in [4.78, 5) is 7.51. The second-order valence-electron chi connectivity index (χ2n) is 12.0. The summed E-state index contributed by atoms with van der Waals surface area (Å²) >= 11 is 0. The standard InChI is InChI=1S/C31H34N4O4S/c1-21-9-11-26(12-10-21)40(36,37)39-19-27-23-16-31(27,38-18-23)29-32-28-22(2)15-25(17-35(28)33-29)34-14-13-30(3,20-34)24-7-5-4-6-8-24/h4-12,15,17,23,27H,13-14,16,18-20H2,1-3H3/t23?,27?,30-,31?/m0/s1. The third kappa shape index (κ3) is 4.05. The molecule has 5 heterocycles. The van der Waals surface area contributed by atoms with Crippen LogP contribution in [0.25, 0.3) is 5.65 Å². The zero-order valence-electron chi connectivity index (χ0n) is 23.1. The molecule has 8 rings (SSSR count). The number of hydrogen-bond acceptors (Lipinski definition) is 7. The molecule has 4 fully saturated rings. The van der Waals surface area contributed by atoms with E-state index in [1.807, 2.05) is 11.4 Å². The van der Waals surface area contributed by atoms with Gasteiger partial charge in [-0.05, 0) is 61.9 Å². The van der Waals surface area contributed by atoms with Gasteiger partial charge in [0.1, 0.15) is 5.60 Å². The van der Waals surface area contributed by atoms with Crippen molar-refractivity contribution >= 4 is 21.5 Å². The lowest BCUT2D eigenvalue weighted by Gasteiger charge is -2.42. The Kier molecular flexibility index (Phi) is 5.86. The SMILES string of the molecule is Cc1ccc(S(=O)(=O)OCC2C3COC2(c2nc4c(C)cc(N5CC[C@](C)(c6ccccc6)C5)cn4n2)C3)cc1. The van der Waals surface area contributed by atoms with Crippen molar-refractivity contribution in [3.05, 3.63) is 89.4 Å². The van der Waals surface area contributed by atoms with Crippen LogP contribution in [-0.2, 0) is 30.1 Å². The Labute approximate surface area is 235 Å². The highest BCUT2D eigenvalue weighted by Crippen LogP contribution is 2.59. The fourth-order valence-corrected chi connectivity index (χ4v) is 7.70. The number of hydrogen-bond donors (Lipinski definition) is 0. The number of fused-ring (bicyclic) bond motifs is 2. The molecule has 3 aliphatic heterocycles. The number of aromatic nitrogens is 3. The number of pyridine rings is 1. The lowest BCUT2D eigenvalue weighted by Crippen LogP contribution is -2.48. The van der Waals surface area contributed by atoms with E-state index in [4.69, 9.17) is 19.0 Å². The molecule has 8 nitrogen and oxygen atoms in total.